The molecule has 1 saturated carbocycles. The molecule has 0 N–H and O–H groups in total. The summed E-state index contributed by atoms with van der Waals surface area (Å²) in [6, 6.07) is 0. The minimum Gasteiger partial charge on any atom is -0.346 e. The van der Waals surface area contributed by atoms with Crippen molar-refractivity contribution in [3.63, 3.8) is 0 Å². The van der Waals surface area contributed by atoms with Crippen molar-refractivity contribution < 1.29 is 17.4 Å². The van der Waals surface area contributed by atoms with Crippen molar-refractivity contribution in [1.29, 1.82) is 0 Å². The molecule has 6 heteroatoms. The molecule has 0 aromatic rings. The molecule has 0 amide bonds. The van der Waals surface area contributed by atoms with Crippen LogP contribution in [0.4, 0.5) is 0 Å². The number of hydrogen-bond donors (Lipinski definition) is 0. The summed E-state index contributed by atoms with van der Waals surface area (Å²) >= 11 is 5.78. The molecule has 1 aliphatic rings. The lowest BCUT2D eigenvalue weighted by Crippen LogP contribution is -2.28. The Labute approximate surface area is 82.3 Å². The molecule has 0 spiro atoms. The molecule has 1 fully saturated rings. The second kappa shape index (κ2) is 3.84. The summed E-state index contributed by atoms with van der Waals surface area (Å²) in [6.45, 7) is 1.07. The fourth-order valence-corrected chi connectivity index (χ4v) is 3.49. The van der Waals surface area contributed by atoms with Gasteiger partial charge in [0.2, 0.25) is 0 Å². The van der Waals surface area contributed by atoms with Gasteiger partial charge in [0.05, 0.1) is 5.38 Å². The number of rotatable bonds is 2. The molecular formula is C7H11ClO4S. The summed E-state index contributed by atoms with van der Waals surface area (Å²) in [5.41, 5.74) is 0. The van der Waals surface area contributed by atoms with E-state index in [9.17, 15) is 13.2 Å². The van der Waals surface area contributed by atoms with Gasteiger partial charge in [0.1, 0.15) is 5.25 Å². The molecule has 0 aliphatic heterocycles. The number of carbonyl (C=O) groups excluding carboxylic acids is 1. The molecule has 0 aromatic carbocycles. The highest BCUT2D eigenvalue weighted by molar-refractivity contribution is 7.87. The van der Waals surface area contributed by atoms with E-state index in [4.69, 9.17) is 11.6 Å². The third-order valence-electron chi connectivity index (χ3n) is 1.98. The zero-order valence-electron chi connectivity index (χ0n) is 7.20. The van der Waals surface area contributed by atoms with Crippen LogP contribution in [-0.4, -0.2) is 25.0 Å². The average molecular weight is 227 g/mol. The third-order valence-corrected chi connectivity index (χ3v) is 4.42. The van der Waals surface area contributed by atoms with Crippen molar-refractivity contribution in [3.05, 3.63) is 0 Å². The molecule has 0 radical (unpaired) electrons. The van der Waals surface area contributed by atoms with Crippen LogP contribution in [0.1, 0.15) is 26.2 Å². The first-order valence-corrected chi connectivity index (χ1v) is 5.92. The summed E-state index contributed by atoms with van der Waals surface area (Å²) in [7, 11) is -3.79. The molecule has 1 aliphatic carbocycles. The van der Waals surface area contributed by atoms with E-state index in [1.54, 1.807) is 0 Å². The Morgan fingerprint density at radius 1 is 1.46 bits per heavy atom. The van der Waals surface area contributed by atoms with Gasteiger partial charge in [0.25, 0.3) is 0 Å². The molecule has 1 rings (SSSR count). The lowest BCUT2D eigenvalue weighted by atomic mass is 10.4. The topological polar surface area (TPSA) is 60.4 Å². The fourth-order valence-electron chi connectivity index (χ4n) is 1.43. The molecule has 76 valence electrons. The van der Waals surface area contributed by atoms with E-state index in [0.717, 1.165) is 13.3 Å². The monoisotopic (exact) mass is 226 g/mol. The van der Waals surface area contributed by atoms with Gasteiger partial charge in [-0.15, -0.1) is 11.6 Å². The van der Waals surface area contributed by atoms with Crippen LogP contribution in [0, 0.1) is 0 Å². The second-order valence-electron chi connectivity index (χ2n) is 3.05. The van der Waals surface area contributed by atoms with Gasteiger partial charge in [-0.25, -0.2) is 0 Å². The van der Waals surface area contributed by atoms with Gasteiger partial charge in [0, 0.05) is 6.92 Å². The maximum Gasteiger partial charge on any atom is 0.319 e. The highest BCUT2D eigenvalue weighted by Gasteiger charge is 2.38. The first-order valence-electron chi connectivity index (χ1n) is 4.01. The van der Waals surface area contributed by atoms with Crippen LogP contribution in [0.5, 0.6) is 0 Å². The van der Waals surface area contributed by atoms with E-state index >= 15 is 0 Å². The van der Waals surface area contributed by atoms with Crippen LogP contribution in [0.2, 0.25) is 0 Å². The van der Waals surface area contributed by atoms with Crippen molar-refractivity contribution >= 4 is 27.7 Å². The first kappa shape index (κ1) is 10.8. The van der Waals surface area contributed by atoms with Crippen molar-refractivity contribution in [2.24, 2.45) is 0 Å². The SMILES string of the molecule is CC(=O)OS(=O)(=O)C1CCCC1Cl. The lowest BCUT2D eigenvalue weighted by Gasteiger charge is -2.12. The summed E-state index contributed by atoms with van der Waals surface area (Å²) in [6.07, 6.45) is 1.90. The Morgan fingerprint density at radius 2 is 2.08 bits per heavy atom. The molecular weight excluding hydrogens is 216 g/mol. The maximum absolute atomic E-state index is 11.3. The second-order valence-corrected chi connectivity index (χ2v) is 5.37. The maximum atomic E-state index is 11.3. The smallest absolute Gasteiger partial charge is 0.319 e. The van der Waals surface area contributed by atoms with Gasteiger partial charge in [-0.05, 0) is 12.8 Å². The van der Waals surface area contributed by atoms with Gasteiger partial charge < -0.3 is 4.18 Å². The van der Waals surface area contributed by atoms with E-state index in [1.165, 1.54) is 0 Å². The summed E-state index contributed by atoms with van der Waals surface area (Å²) in [5.74, 6) is -0.809. The van der Waals surface area contributed by atoms with Crippen molar-refractivity contribution in [3.8, 4) is 0 Å². The number of hydrogen-bond acceptors (Lipinski definition) is 4. The molecule has 13 heavy (non-hydrogen) atoms. The standard InChI is InChI=1S/C7H11ClO4S/c1-5(9)12-13(10,11)7-4-2-3-6(7)8/h6-7H,2-4H2,1H3. The van der Waals surface area contributed by atoms with Crippen molar-refractivity contribution in [1.82, 2.24) is 0 Å². The highest BCUT2D eigenvalue weighted by atomic mass is 35.5. The van der Waals surface area contributed by atoms with E-state index < -0.39 is 26.7 Å². The molecule has 2 unspecified atom stereocenters. The summed E-state index contributed by atoms with van der Waals surface area (Å²) < 4.78 is 26.9. The molecule has 2 atom stereocenters. The number of alkyl halides is 1. The Hall–Kier alpha value is -0.290. The fraction of sp³-hybridized carbons (Fsp3) is 0.857. The lowest BCUT2D eigenvalue weighted by molar-refractivity contribution is -0.131. The molecule has 0 aromatic heterocycles. The predicted molar refractivity (Wildman–Crippen MR) is 48.0 cm³/mol. The molecule has 0 bridgehead atoms. The van der Waals surface area contributed by atoms with Gasteiger partial charge >= 0.3 is 16.1 Å². The zero-order valence-corrected chi connectivity index (χ0v) is 8.77. The van der Waals surface area contributed by atoms with Crippen LogP contribution in [0.15, 0.2) is 0 Å². The van der Waals surface area contributed by atoms with Gasteiger partial charge in [-0.3, -0.25) is 4.79 Å². The largest absolute Gasteiger partial charge is 0.346 e. The van der Waals surface area contributed by atoms with Crippen LogP contribution in [0.25, 0.3) is 0 Å². The summed E-state index contributed by atoms with van der Waals surface area (Å²) in [4.78, 5) is 10.5. The van der Waals surface area contributed by atoms with E-state index in [0.29, 0.717) is 12.8 Å². The molecule has 4 nitrogen and oxygen atoms in total. The normalized spacial score (nSPS) is 28.8. The van der Waals surface area contributed by atoms with Crippen LogP contribution in [0.3, 0.4) is 0 Å². The van der Waals surface area contributed by atoms with E-state index in [2.05, 4.69) is 4.18 Å². The van der Waals surface area contributed by atoms with E-state index in [-0.39, 0.29) is 0 Å². The quantitative estimate of drug-likeness (QED) is 0.522. The van der Waals surface area contributed by atoms with Gasteiger partial charge in [0.15, 0.2) is 0 Å². The Kier molecular flexibility index (Phi) is 3.18. The van der Waals surface area contributed by atoms with Gasteiger partial charge in [-0.2, -0.15) is 8.42 Å². The molecule has 0 saturated heterocycles. The van der Waals surface area contributed by atoms with Crippen molar-refractivity contribution in [2.75, 3.05) is 0 Å². The number of carbonyl (C=O) groups is 1. The Bertz CT molecular complexity index is 298. The Balaban J connectivity index is 2.74. The Morgan fingerprint density at radius 3 is 2.46 bits per heavy atom. The van der Waals surface area contributed by atoms with Crippen LogP contribution < -0.4 is 0 Å². The number of halogens is 1. The van der Waals surface area contributed by atoms with Crippen LogP contribution in [-0.2, 0) is 19.1 Å². The predicted octanol–water partition coefficient (Wildman–Crippen LogP) is 1.04. The highest BCUT2D eigenvalue weighted by Crippen LogP contribution is 2.30. The minimum absolute atomic E-state index is 0.427. The van der Waals surface area contributed by atoms with Crippen molar-refractivity contribution in [2.45, 2.75) is 36.8 Å². The third kappa shape index (κ3) is 2.57. The average Bonchev–Trinajstić information content (AvgIpc) is 2.32. The van der Waals surface area contributed by atoms with E-state index in [1.807, 2.05) is 0 Å². The zero-order chi connectivity index (χ0) is 10.1. The first-order chi connectivity index (χ1) is 5.93. The minimum atomic E-state index is -3.79. The van der Waals surface area contributed by atoms with Gasteiger partial charge in [-0.1, -0.05) is 6.42 Å². The van der Waals surface area contributed by atoms with Crippen LogP contribution >= 0.6 is 11.6 Å². The summed E-state index contributed by atoms with van der Waals surface area (Å²) in [5, 5.41) is -1.15. The molecule has 0 heterocycles.